The van der Waals surface area contributed by atoms with Gasteiger partial charge in [-0.1, -0.05) is 6.07 Å². The smallest absolute Gasteiger partial charge is 0.261 e. The van der Waals surface area contributed by atoms with Crippen LogP contribution in [0.3, 0.4) is 0 Å². The zero-order valence-electron chi connectivity index (χ0n) is 12.3. The number of nitrogens with zero attached hydrogens (tertiary/aromatic N) is 1. The second kappa shape index (κ2) is 8.36. The number of thiophene rings is 1. The lowest BCUT2D eigenvalue weighted by Crippen LogP contribution is -2.57. The summed E-state index contributed by atoms with van der Waals surface area (Å²) in [7, 11) is 0. The lowest BCUT2D eigenvalue weighted by Gasteiger charge is -2.38. The molecule has 0 radical (unpaired) electrons. The van der Waals surface area contributed by atoms with Gasteiger partial charge in [0.2, 0.25) is 5.91 Å². The van der Waals surface area contributed by atoms with E-state index in [4.69, 9.17) is 0 Å². The summed E-state index contributed by atoms with van der Waals surface area (Å²) in [5.41, 5.74) is 0. The lowest BCUT2D eigenvalue weighted by atomic mass is 10.1. The molecular weight excluding hydrogens is 310 g/mol. The van der Waals surface area contributed by atoms with Crippen molar-refractivity contribution in [2.24, 2.45) is 0 Å². The van der Waals surface area contributed by atoms with Crippen LogP contribution >= 0.6 is 23.7 Å². The van der Waals surface area contributed by atoms with Gasteiger partial charge >= 0.3 is 0 Å². The van der Waals surface area contributed by atoms with Crippen molar-refractivity contribution in [1.82, 2.24) is 15.5 Å². The third-order valence-corrected chi connectivity index (χ3v) is 4.59. The quantitative estimate of drug-likeness (QED) is 0.879. The Hall–Kier alpha value is -1.11. The molecule has 1 aromatic heterocycles. The summed E-state index contributed by atoms with van der Waals surface area (Å²) in [6.45, 7) is 6.10. The highest BCUT2D eigenvalue weighted by atomic mass is 35.5. The molecule has 1 aromatic rings. The summed E-state index contributed by atoms with van der Waals surface area (Å²) in [5, 5.41) is 8.00. The van der Waals surface area contributed by atoms with Crippen molar-refractivity contribution in [2.75, 3.05) is 19.6 Å². The van der Waals surface area contributed by atoms with E-state index in [1.54, 1.807) is 6.07 Å². The minimum Gasteiger partial charge on any atom is -0.351 e. The number of amides is 2. The molecule has 1 aliphatic rings. The molecule has 2 unspecified atom stereocenters. The third kappa shape index (κ3) is 4.69. The average Bonchev–Trinajstić information content (AvgIpc) is 2.95. The van der Waals surface area contributed by atoms with Crippen LogP contribution in [0.4, 0.5) is 0 Å². The SMILES string of the molecule is CC1NCCN(C(=O)CCNC(=O)c2cccs2)C1C.Cl. The maximum Gasteiger partial charge on any atom is 0.261 e. The molecule has 2 heterocycles. The average molecular weight is 332 g/mol. The Bertz CT molecular complexity index is 467. The van der Waals surface area contributed by atoms with E-state index < -0.39 is 0 Å². The molecule has 1 fully saturated rings. The van der Waals surface area contributed by atoms with Gasteiger partial charge in [-0.2, -0.15) is 0 Å². The molecule has 21 heavy (non-hydrogen) atoms. The lowest BCUT2D eigenvalue weighted by molar-refractivity contribution is -0.134. The molecule has 0 spiro atoms. The van der Waals surface area contributed by atoms with Gasteiger partial charge in [0.05, 0.1) is 4.88 Å². The van der Waals surface area contributed by atoms with Crippen molar-refractivity contribution in [3.63, 3.8) is 0 Å². The molecule has 0 saturated carbocycles. The van der Waals surface area contributed by atoms with E-state index in [-0.39, 0.29) is 30.3 Å². The third-order valence-electron chi connectivity index (χ3n) is 3.72. The molecule has 2 rings (SSSR count). The molecule has 2 amide bonds. The van der Waals surface area contributed by atoms with E-state index >= 15 is 0 Å². The Kier molecular flexibility index (Phi) is 7.14. The van der Waals surface area contributed by atoms with E-state index in [0.717, 1.165) is 13.1 Å². The summed E-state index contributed by atoms with van der Waals surface area (Å²) >= 11 is 1.40. The monoisotopic (exact) mass is 331 g/mol. The van der Waals surface area contributed by atoms with Gasteiger partial charge in [-0.05, 0) is 25.3 Å². The Balaban J connectivity index is 0.00000220. The number of rotatable bonds is 4. The first kappa shape index (κ1) is 17.9. The number of carbonyl (C=O) groups is 2. The fourth-order valence-corrected chi connectivity index (χ4v) is 2.97. The molecule has 0 aromatic carbocycles. The van der Waals surface area contributed by atoms with E-state index in [2.05, 4.69) is 24.5 Å². The summed E-state index contributed by atoms with van der Waals surface area (Å²) < 4.78 is 0. The number of halogens is 1. The fourth-order valence-electron chi connectivity index (χ4n) is 2.33. The minimum absolute atomic E-state index is 0. The highest BCUT2D eigenvalue weighted by Gasteiger charge is 2.27. The standard InChI is InChI=1S/C14H21N3O2S.ClH/c1-10-11(2)17(8-7-15-10)13(18)5-6-16-14(19)12-4-3-9-20-12;/h3-4,9-11,15H,5-8H2,1-2H3,(H,16,19);1H. The highest BCUT2D eigenvalue weighted by molar-refractivity contribution is 7.12. The van der Waals surface area contributed by atoms with Gasteiger partial charge in [0.25, 0.3) is 5.91 Å². The van der Waals surface area contributed by atoms with E-state index in [0.29, 0.717) is 23.9 Å². The molecule has 0 bridgehead atoms. The molecule has 118 valence electrons. The van der Waals surface area contributed by atoms with Crippen molar-refractivity contribution in [3.05, 3.63) is 22.4 Å². The molecular formula is C14H22ClN3O2S. The summed E-state index contributed by atoms with van der Waals surface area (Å²) in [6, 6.07) is 4.13. The van der Waals surface area contributed by atoms with Crippen molar-refractivity contribution >= 4 is 35.6 Å². The highest BCUT2D eigenvalue weighted by Crippen LogP contribution is 2.11. The first-order valence-corrected chi connectivity index (χ1v) is 7.82. The normalized spacial score (nSPS) is 21.5. The Morgan fingerprint density at radius 2 is 2.24 bits per heavy atom. The van der Waals surface area contributed by atoms with Crippen LogP contribution in [0.5, 0.6) is 0 Å². The predicted octanol–water partition coefficient (Wildman–Crippen LogP) is 1.50. The van der Waals surface area contributed by atoms with Crippen LogP contribution in [0, 0.1) is 0 Å². The first-order chi connectivity index (χ1) is 9.59. The molecule has 5 nitrogen and oxygen atoms in total. The summed E-state index contributed by atoms with van der Waals surface area (Å²) in [5.74, 6) is 0.00635. The van der Waals surface area contributed by atoms with Crippen LogP contribution in [0.1, 0.15) is 29.9 Å². The number of hydrogen-bond donors (Lipinski definition) is 2. The fraction of sp³-hybridized carbons (Fsp3) is 0.571. The maximum atomic E-state index is 12.2. The molecule has 7 heteroatoms. The number of nitrogens with one attached hydrogen (secondary N) is 2. The van der Waals surface area contributed by atoms with Crippen molar-refractivity contribution in [1.29, 1.82) is 0 Å². The van der Waals surface area contributed by atoms with Gasteiger partial charge in [-0.25, -0.2) is 0 Å². The molecule has 2 atom stereocenters. The number of piperazine rings is 1. The van der Waals surface area contributed by atoms with Crippen LogP contribution in [0.25, 0.3) is 0 Å². The molecule has 1 saturated heterocycles. The van der Waals surface area contributed by atoms with Crippen LogP contribution in [-0.4, -0.2) is 48.4 Å². The first-order valence-electron chi connectivity index (χ1n) is 6.94. The largest absolute Gasteiger partial charge is 0.351 e. The van der Waals surface area contributed by atoms with Crippen molar-refractivity contribution < 1.29 is 9.59 Å². The Labute approximate surface area is 135 Å². The number of hydrogen-bond acceptors (Lipinski definition) is 4. The Morgan fingerprint density at radius 1 is 1.48 bits per heavy atom. The van der Waals surface area contributed by atoms with E-state index in [1.165, 1.54) is 11.3 Å². The number of carbonyl (C=O) groups excluding carboxylic acids is 2. The predicted molar refractivity (Wildman–Crippen MR) is 87.2 cm³/mol. The van der Waals surface area contributed by atoms with Gasteiger partial charge in [0.1, 0.15) is 0 Å². The van der Waals surface area contributed by atoms with Crippen LogP contribution in [-0.2, 0) is 4.79 Å². The summed E-state index contributed by atoms with van der Waals surface area (Å²) in [6.07, 6.45) is 0.355. The van der Waals surface area contributed by atoms with E-state index in [9.17, 15) is 9.59 Å². The van der Waals surface area contributed by atoms with Crippen molar-refractivity contribution in [3.8, 4) is 0 Å². The molecule has 2 N–H and O–H groups in total. The van der Waals surface area contributed by atoms with Crippen LogP contribution in [0.2, 0.25) is 0 Å². The van der Waals surface area contributed by atoms with Crippen LogP contribution < -0.4 is 10.6 Å². The van der Waals surface area contributed by atoms with Gasteiger partial charge in [0.15, 0.2) is 0 Å². The summed E-state index contributed by atoms with van der Waals surface area (Å²) in [4.78, 5) is 26.5. The van der Waals surface area contributed by atoms with Gasteiger partial charge < -0.3 is 15.5 Å². The zero-order valence-corrected chi connectivity index (χ0v) is 13.9. The molecule has 1 aliphatic heterocycles. The van der Waals surface area contributed by atoms with Crippen molar-refractivity contribution in [2.45, 2.75) is 32.4 Å². The van der Waals surface area contributed by atoms with Gasteiger partial charge in [-0.3, -0.25) is 9.59 Å². The maximum absolute atomic E-state index is 12.2. The second-order valence-corrected chi connectivity index (χ2v) is 6.00. The van der Waals surface area contributed by atoms with E-state index in [1.807, 2.05) is 16.3 Å². The molecule has 0 aliphatic carbocycles. The topological polar surface area (TPSA) is 61.4 Å². The second-order valence-electron chi connectivity index (χ2n) is 5.05. The van der Waals surface area contributed by atoms with Gasteiger partial charge in [0, 0.05) is 38.1 Å². The van der Waals surface area contributed by atoms with Gasteiger partial charge in [-0.15, -0.1) is 23.7 Å². The zero-order chi connectivity index (χ0) is 14.5. The minimum atomic E-state index is -0.102. The Morgan fingerprint density at radius 3 is 2.90 bits per heavy atom. The van der Waals surface area contributed by atoms with Crippen LogP contribution in [0.15, 0.2) is 17.5 Å².